The lowest BCUT2D eigenvalue weighted by molar-refractivity contribution is 0.603. The van der Waals surface area contributed by atoms with E-state index in [9.17, 15) is 4.21 Å². The van der Waals surface area contributed by atoms with Crippen LogP contribution in [-0.2, 0) is 11.0 Å². The van der Waals surface area contributed by atoms with Gasteiger partial charge in [0.25, 0.3) is 0 Å². The molecule has 0 amide bonds. The number of fused-ring (bicyclic) bond motifs is 1. The summed E-state index contributed by atoms with van der Waals surface area (Å²) in [5.41, 5.74) is 0. The Labute approximate surface area is 102 Å². The van der Waals surface area contributed by atoms with E-state index in [0.29, 0.717) is 5.02 Å². The van der Waals surface area contributed by atoms with Crippen molar-refractivity contribution in [1.29, 1.82) is 0 Å². The van der Waals surface area contributed by atoms with Gasteiger partial charge in [0.05, 0.1) is 4.90 Å². The van der Waals surface area contributed by atoms with E-state index in [1.807, 2.05) is 36.4 Å². The summed E-state index contributed by atoms with van der Waals surface area (Å²) in [6.07, 6.45) is 0. The van der Waals surface area contributed by atoms with Gasteiger partial charge in [0.15, 0.2) is 0 Å². The van der Waals surface area contributed by atoms with Crippen molar-refractivity contribution in [2.45, 2.75) is 4.90 Å². The quantitative estimate of drug-likeness (QED) is 0.806. The topological polar surface area (TPSA) is 20.3 Å². The van der Waals surface area contributed by atoms with Crippen molar-refractivity contribution >= 4 is 33.4 Å². The van der Waals surface area contributed by atoms with Crippen LogP contribution in [0.1, 0.15) is 0 Å². The van der Waals surface area contributed by atoms with Gasteiger partial charge >= 0.3 is 0 Å². The van der Waals surface area contributed by atoms with Gasteiger partial charge in [-0.15, -0.1) is 0 Å². The molecular weight excluding hydrogens is 242 g/mol. The molecule has 2 aromatic carbocycles. The molecule has 1 unspecified atom stereocenters. The minimum atomic E-state index is -1.14. The van der Waals surface area contributed by atoms with Crippen molar-refractivity contribution in [2.75, 3.05) is 14.1 Å². The summed E-state index contributed by atoms with van der Waals surface area (Å²) < 4.78 is 13.7. The van der Waals surface area contributed by atoms with Crippen LogP contribution < -0.4 is 0 Å². The molecule has 0 N–H and O–H groups in total. The number of halogens is 1. The van der Waals surface area contributed by atoms with E-state index in [-0.39, 0.29) is 0 Å². The fourth-order valence-electron chi connectivity index (χ4n) is 1.59. The molecular formula is C12H12ClNOS. The van der Waals surface area contributed by atoms with Gasteiger partial charge in [-0.1, -0.05) is 35.9 Å². The Balaban J connectivity index is 2.72. The first-order valence-electron chi connectivity index (χ1n) is 4.87. The first-order chi connectivity index (χ1) is 7.61. The number of hydrogen-bond acceptors (Lipinski definition) is 1. The molecule has 2 aromatic rings. The smallest absolute Gasteiger partial charge is 0.127 e. The monoisotopic (exact) mass is 253 g/mol. The van der Waals surface area contributed by atoms with Gasteiger partial charge in [0.1, 0.15) is 11.0 Å². The van der Waals surface area contributed by atoms with Gasteiger partial charge in [-0.25, -0.2) is 8.51 Å². The zero-order valence-corrected chi connectivity index (χ0v) is 10.7. The molecule has 84 valence electrons. The third-order valence-electron chi connectivity index (χ3n) is 2.35. The molecule has 0 aliphatic carbocycles. The molecule has 4 heteroatoms. The molecule has 0 aromatic heterocycles. The van der Waals surface area contributed by atoms with Crippen LogP contribution in [0.25, 0.3) is 10.8 Å². The summed E-state index contributed by atoms with van der Waals surface area (Å²) in [7, 11) is 2.44. The Morgan fingerprint density at radius 2 is 1.69 bits per heavy atom. The van der Waals surface area contributed by atoms with Gasteiger partial charge in [-0.05, 0) is 26.2 Å². The van der Waals surface area contributed by atoms with Gasteiger partial charge in [0.2, 0.25) is 0 Å². The minimum absolute atomic E-state index is 0.690. The maximum atomic E-state index is 12.1. The van der Waals surface area contributed by atoms with Crippen LogP contribution in [0, 0.1) is 0 Å². The summed E-state index contributed by atoms with van der Waals surface area (Å²) in [5, 5.41) is 2.58. The fourth-order valence-corrected chi connectivity index (χ4v) is 2.78. The van der Waals surface area contributed by atoms with Crippen LogP contribution in [0.15, 0.2) is 41.3 Å². The SMILES string of the molecule is CN(C)S(=O)c1cccc2c(Cl)cccc12. The molecule has 0 saturated heterocycles. The zero-order chi connectivity index (χ0) is 11.7. The highest BCUT2D eigenvalue weighted by Crippen LogP contribution is 2.27. The number of nitrogens with zero attached hydrogens (tertiary/aromatic N) is 1. The van der Waals surface area contributed by atoms with Crippen LogP contribution in [0.3, 0.4) is 0 Å². The third kappa shape index (κ3) is 1.98. The maximum Gasteiger partial charge on any atom is 0.127 e. The molecule has 16 heavy (non-hydrogen) atoms. The molecule has 0 fully saturated rings. The Morgan fingerprint density at radius 1 is 1.06 bits per heavy atom. The predicted octanol–water partition coefficient (Wildman–Crippen LogP) is 3.08. The van der Waals surface area contributed by atoms with Crippen molar-refractivity contribution in [3.63, 3.8) is 0 Å². The highest BCUT2D eigenvalue weighted by atomic mass is 35.5. The molecule has 0 radical (unpaired) electrons. The van der Waals surface area contributed by atoms with Crippen molar-refractivity contribution in [3.05, 3.63) is 41.4 Å². The van der Waals surface area contributed by atoms with Crippen LogP contribution in [0.2, 0.25) is 5.02 Å². The molecule has 0 aliphatic rings. The fraction of sp³-hybridized carbons (Fsp3) is 0.167. The van der Waals surface area contributed by atoms with E-state index >= 15 is 0 Å². The van der Waals surface area contributed by atoms with Crippen molar-refractivity contribution in [1.82, 2.24) is 4.31 Å². The van der Waals surface area contributed by atoms with Crippen molar-refractivity contribution < 1.29 is 4.21 Å². The highest BCUT2D eigenvalue weighted by Gasteiger charge is 2.11. The molecule has 0 heterocycles. The van der Waals surface area contributed by atoms with Gasteiger partial charge in [-0.2, -0.15) is 0 Å². The highest BCUT2D eigenvalue weighted by molar-refractivity contribution is 7.82. The standard InChI is InChI=1S/C12H12ClNOS/c1-14(2)16(15)12-8-4-5-9-10(12)6-3-7-11(9)13/h3-8H,1-2H3. The molecule has 0 aliphatic heterocycles. The van der Waals surface area contributed by atoms with Crippen LogP contribution >= 0.6 is 11.6 Å². The average Bonchev–Trinajstić information content (AvgIpc) is 2.28. The lowest BCUT2D eigenvalue weighted by Crippen LogP contribution is -2.15. The first kappa shape index (κ1) is 11.6. The summed E-state index contributed by atoms with van der Waals surface area (Å²) in [6, 6.07) is 11.3. The van der Waals surface area contributed by atoms with Crippen LogP contribution in [0.4, 0.5) is 0 Å². The molecule has 0 spiro atoms. The Bertz CT molecular complexity index is 554. The summed E-state index contributed by atoms with van der Waals surface area (Å²) in [5.74, 6) is 0. The normalized spacial score (nSPS) is 13.2. The van der Waals surface area contributed by atoms with E-state index in [2.05, 4.69) is 0 Å². The Hall–Kier alpha value is -0.900. The third-order valence-corrected chi connectivity index (χ3v) is 4.07. The van der Waals surface area contributed by atoms with Gasteiger partial charge < -0.3 is 0 Å². The number of benzene rings is 2. The second-order valence-corrected chi connectivity index (χ2v) is 5.73. The summed E-state index contributed by atoms with van der Waals surface area (Å²) in [4.78, 5) is 0.796. The van der Waals surface area contributed by atoms with E-state index in [4.69, 9.17) is 11.6 Å². The second-order valence-electron chi connectivity index (χ2n) is 3.65. The molecule has 2 rings (SSSR count). The predicted molar refractivity (Wildman–Crippen MR) is 69.1 cm³/mol. The molecule has 0 saturated carbocycles. The maximum absolute atomic E-state index is 12.1. The summed E-state index contributed by atoms with van der Waals surface area (Å²) >= 11 is 6.10. The molecule has 0 bridgehead atoms. The summed E-state index contributed by atoms with van der Waals surface area (Å²) in [6.45, 7) is 0. The molecule has 2 nitrogen and oxygen atoms in total. The Kier molecular flexibility index (Phi) is 3.28. The lowest BCUT2D eigenvalue weighted by Gasteiger charge is -2.12. The number of rotatable bonds is 2. The van der Waals surface area contributed by atoms with Gasteiger partial charge in [0, 0.05) is 15.8 Å². The lowest BCUT2D eigenvalue weighted by atomic mass is 10.1. The number of hydrogen-bond donors (Lipinski definition) is 0. The van der Waals surface area contributed by atoms with Crippen molar-refractivity contribution in [2.24, 2.45) is 0 Å². The van der Waals surface area contributed by atoms with Gasteiger partial charge in [-0.3, -0.25) is 0 Å². The van der Waals surface area contributed by atoms with E-state index in [1.165, 1.54) is 0 Å². The minimum Gasteiger partial charge on any atom is -0.237 e. The van der Waals surface area contributed by atoms with E-state index in [0.717, 1.165) is 15.7 Å². The van der Waals surface area contributed by atoms with Crippen LogP contribution in [0.5, 0.6) is 0 Å². The second kappa shape index (κ2) is 4.53. The average molecular weight is 254 g/mol. The van der Waals surface area contributed by atoms with Crippen molar-refractivity contribution in [3.8, 4) is 0 Å². The zero-order valence-electron chi connectivity index (χ0n) is 9.11. The van der Waals surface area contributed by atoms with Crippen LogP contribution in [-0.4, -0.2) is 22.6 Å². The van der Waals surface area contributed by atoms with E-state index < -0.39 is 11.0 Å². The Morgan fingerprint density at radius 3 is 2.38 bits per heavy atom. The first-order valence-corrected chi connectivity index (χ1v) is 6.36. The van der Waals surface area contributed by atoms with E-state index in [1.54, 1.807) is 18.4 Å². The largest absolute Gasteiger partial charge is 0.237 e. The molecule has 1 atom stereocenters.